The molecule has 0 bridgehead atoms. The molecule has 0 radical (unpaired) electrons. The van der Waals surface area contributed by atoms with Gasteiger partial charge in [-0.2, -0.15) is 0 Å². The van der Waals surface area contributed by atoms with Gasteiger partial charge in [0.25, 0.3) is 5.91 Å². The first-order chi connectivity index (χ1) is 8.54. The van der Waals surface area contributed by atoms with E-state index in [1.54, 1.807) is 25.2 Å². The van der Waals surface area contributed by atoms with Crippen molar-refractivity contribution in [2.45, 2.75) is 6.92 Å². The molecule has 1 aromatic heterocycles. The van der Waals surface area contributed by atoms with Crippen LogP contribution in [-0.2, 0) is 0 Å². The third kappa shape index (κ3) is 2.21. The van der Waals surface area contributed by atoms with E-state index in [1.165, 1.54) is 4.90 Å². The number of hydrogen-bond donors (Lipinski definition) is 1. The molecular weight excluding hydrogens is 254 g/mol. The van der Waals surface area contributed by atoms with E-state index in [9.17, 15) is 4.79 Å². The van der Waals surface area contributed by atoms with E-state index in [-0.39, 0.29) is 19.1 Å². The maximum absolute atomic E-state index is 12.1. The Morgan fingerprint density at radius 2 is 2.22 bits per heavy atom. The van der Waals surface area contributed by atoms with Gasteiger partial charge in [0.05, 0.1) is 6.61 Å². The number of aliphatic hydroxyl groups excluding tert-OH is 1. The van der Waals surface area contributed by atoms with Gasteiger partial charge in [-0.15, -0.1) is 0 Å². The van der Waals surface area contributed by atoms with Crippen LogP contribution in [0.2, 0.25) is 5.02 Å². The monoisotopic (exact) mass is 267 g/mol. The summed E-state index contributed by atoms with van der Waals surface area (Å²) in [6, 6.07) is 5.24. The smallest absolute Gasteiger partial charge is 0.289 e. The topological polar surface area (TPSA) is 53.7 Å². The normalized spacial score (nSPS) is 10.9. The minimum Gasteiger partial charge on any atom is -0.451 e. The van der Waals surface area contributed by atoms with E-state index in [0.717, 1.165) is 10.9 Å². The van der Waals surface area contributed by atoms with Crippen LogP contribution < -0.4 is 0 Å². The SMILES string of the molecule is Cc1c(C(=O)N(C)CCO)oc2ccc(Cl)cc12. The Balaban J connectivity index is 2.46. The lowest BCUT2D eigenvalue weighted by atomic mass is 10.1. The highest BCUT2D eigenvalue weighted by Gasteiger charge is 2.20. The molecule has 2 aromatic rings. The molecule has 18 heavy (non-hydrogen) atoms. The zero-order valence-electron chi connectivity index (χ0n) is 10.2. The first kappa shape index (κ1) is 12.9. The maximum Gasteiger partial charge on any atom is 0.289 e. The van der Waals surface area contributed by atoms with E-state index >= 15 is 0 Å². The predicted octanol–water partition coefficient (Wildman–Crippen LogP) is 2.46. The fourth-order valence-corrected chi connectivity index (χ4v) is 1.99. The summed E-state index contributed by atoms with van der Waals surface area (Å²) in [5.74, 6) is 0.0529. The first-order valence-corrected chi connectivity index (χ1v) is 5.97. The second-order valence-corrected chi connectivity index (χ2v) is 4.58. The minimum atomic E-state index is -0.242. The number of aliphatic hydroxyl groups is 1. The summed E-state index contributed by atoms with van der Waals surface area (Å²) in [6.45, 7) is 2.02. The number of benzene rings is 1. The number of amides is 1. The van der Waals surface area contributed by atoms with Crippen molar-refractivity contribution in [3.63, 3.8) is 0 Å². The van der Waals surface area contributed by atoms with Gasteiger partial charge in [-0.1, -0.05) is 11.6 Å². The number of carbonyl (C=O) groups excluding carboxylic acids is 1. The Kier molecular flexibility index (Phi) is 3.59. The summed E-state index contributed by atoms with van der Waals surface area (Å²) in [4.78, 5) is 13.5. The van der Waals surface area contributed by atoms with Crippen molar-refractivity contribution in [3.8, 4) is 0 Å². The molecule has 0 spiro atoms. The molecule has 96 valence electrons. The molecule has 0 aliphatic rings. The minimum absolute atomic E-state index is 0.0760. The highest BCUT2D eigenvalue weighted by atomic mass is 35.5. The van der Waals surface area contributed by atoms with Crippen molar-refractivity contribution in [2.75, 3.05) is 20.2 Å². The Morgan fingerprint density at radius 3 is 2.89 bits per heavy atom. The zero-order chi connectivity index (χ0) is 13.3. The van der Waals surface area contributed by atoms with Crippen LogP contribution in [0.1, 0.15) is 16.1 Å². The van der Waals surface area contributed by atoms with Crippen LogP contribution in [0.5, 0.6) is 0 Å². The average molecular weight is 268 g/mol. The number of halogens is 1. The van der Waals surface area contributed by atoms with Crippen LogP contribution in [-0.4, -0.2) is 36.1 Å². The van der Waals surface area contributed by atoms with Crippen LogP contribution in [0.3, 0.4) is 0 Å². The van der Waals surface area contributed by atoms with Crippen LogP contribution in [0.15, 0.2) is 22.6 Å². The lowest BCUT2D eigenvalue weighted by molar-refractivity contribution is 0.0737. The Morgan fingerprint density at radius 1 is 1.50 bits per heavy atom. The molecule has 1 heterocycles. The Bertz CT molecular complexity index is 591. The number of fused-ring (bicyclic) bond motifs is 1. The summed E-state index contributed by atoms with van der Waals surface area (Å²) in [6.07, 6.45) is 0. The van der Waals surface area contributed by atoms with Crippen molar-refractivity contribution in [1.82, 2.24) is 4.90 Å². The second-order valence-electron chi connectivity index (χ2n) is 4.15. The van der Waals surface area contributed by atoms with E-state index in [2.05, 4.69) is 0 Å². The molecule has 0 saturated heterocycles. The summed E-state index contributed by atoms with van der Waals surface area (Å²) in [7, 11) is 1.62. The van der Waals surface area contributed by atoms with Crippen LogP contribution in [0.25, 0.3) is 11.0 Å². The molecule has 1 aromatic carbocycles. The van der Waals surface area contributed by atoms with Gasteiger partial charge >= 0.3 is 0 Å². The summed E-state index contributed by atoms with van der Waals surface area (Å²) in [5.41, 5.74) is 1.40. The van der Waals surface area contributed by atoms with Gasteiger partial charge < -0.3 is 14.4 Å². The largest absolute Gasteiger partial charge is 0.451 e. The van der Waals surface area contributed by atoms with E-state index in [0.29, 0.717) is 16.4 Å². The summed E-state index contributed by atoms with van der Waals surface area (Å²) >= 11 is 5.92. The Labute approximate surface area is 110 Å². The number of furan rings is 1. The molecule has 1 amide bonds. The molecule has 0 atom stereocenters. The van der Waals surface area contributed by atoms with Crippen LogP contribution in [0, 0.1) is 6.92 Å². The van der Waals surface area contributed by atoms with Crippen molar-refractivity contribution in [1.29, 1.82) is 0 Å². The number of nitrogens with zero attached hydrogens (tertiary/aromatic N) is 1. The van der Waals surface area contributed by atoms with Crippen molar-refractivity contribution >= 4 is 28.5 Å². The molecule has 0 saturated carbocycles. The Hall–Kier alpha value is -1.52. The molecule has 0 aliphatic carbocycles. The molecular formula is C13H14ClNO3. The number of hydrogen-bond acceptors (Lipinski definition) is 3. The quantitative estimate of drug-likeness (QED) is 0.929. The molecule has 2 rings (SSSR count). The van der Waals surface area contributed by atoms with Crippen molar-refractivity contribution in [2.24, 2.45) is 0 Å². The van der Waals surface area contributed by atoms with Crippen LogP contribution in [0.4, 0.5) is 0 Å². The van der Waals surface area contributed by atoms with Gasteiger partial charge in [0, 0.05) is 29.6 Å². The lowest BCUT2D eigenvalue weighted by Gasteiger charge is -2.13. The zero-order valence-corrected chi connectivity index (χ0v) is 11.0. The molecule has 5 heteroatoms. The predicted molar refractivity (Wildman–Crippen MR) is 70.0 cm³/mol. The number of likely N-dealkylation sites (N-methyl/N-ethyl adjacent to an activating group) is 1. The molecule has 1 N–H and O–H groups in total. The fourth-order valence-electron chi connectivity index (χ4n) is 1.82. The van der Waals surface area contributed by atoms with Crippen molar-refractivity contribution in [3.05, 3.63) is 34.5 Å². The molecule has 0 fully saturated rings. The maximum atomic E-state index is 12.1. The van der Waals surface area contributed by atoms with E-state index in [1.807, 2.05) is 6.92 Å². The van der Waals surface area contributed by atoms with Crippen LogP contribution >= 0.6 is 11.6 Å². The van der Waals surface area contributed by atoms with Gasteiger partial charge in [0.1, 0.15) is 5.58 Å². The van der Waals surface area contributed by atoms with Gasteiger partial charge in [-0.25, -0.2) is 0 Å². The van der Waals surface area contributed by atoms with Gasteiger partial charge in [-0.05, 0) is 25.1 Å². The average Bonchev–Trinajstić information content (AvgIpc) is 2.66. The third-order valence-electron chi connectivity index (χ3n) is 2.87. The van der Waals surface area contributed by atoms with Gasteiger partial charge in [-0.3, -0.25) is 4.79 Å². The van der Waals surface area contributed by atoms with Crippen molar-refractivity contribution < 1.29 is 14.3 Å². The summed E-state index contributed by atoms with van der Waals surface area (Å²) < 4.78 is 5.55. The number of carbonyl (C=O) groups is 1. The number of aryl methyl sites for hydroxylation is 1. The molecule has 4 nitrogen and oxygen atoms in total. The number of rotatable bonds is 3. The standard InChI is InChI=1S/C13H14ClNO3/c1-8-10-7-9(14)3-4-11(10)18-12(8)13(17)15(2)5-6-16/h3-4,7,16H,5-6H2,1-2H3. The fraction of sp³-hybridized carbons (Fsp3) is 0.308. The highest BCUT2D eigenvalue weighted by molar-refractivity contribution is 6.31. The second kappa shape index (κ2) is 5.00. The summed E-state index contributed by atoms with van der Waals surface area (Å²) in [5, 5.41) is 10.3. The molecule has 0 unspecified atom stereocenters. The lowest BCUT2D eigenvalue weighted by Crippen LogP contribution is -2.29. The molecule has 0 aliphatic heterocycles. The van der Waals surface area contributed by atoms with Gasteiger partial charge in [0.2, 0.25) is 0 Å². The van der Waals surface area contributed by atoms with E-state index < -0.39 is 0 Å². The first-order valence-electron chi connectivity index (χ1n) is 5.59. The highest BCUT2D eigenvalue weighted by Crippen LogP contribution is 2.28. The van der Waals surface area contributed by atoms with E-state index in [4.69, 9.17) is 21.1 Å². The van der Waals surface area contributed by atoms with Gasteiger partial charge in [0.15, 0.2) is 5.76 Å². The third-order valence-corrected chi connectivity index (χ3v) is 3.11.